The van der Waals surface area contributed by atoms with Crippen LogP contribution in [0.2, 0.25) is 0 Å². The summed E-state index contributed by atoms with van der Waals surface area (Å²) in [5, 5.41) is 3.31. The van der Waals surface area contributed by atoms with Crippen molar-refractivity contribution >= 4 is 23.6 Å². The van der Waals surface area contributed by atoms with Crippen molar-refractivity contribution in [3.8, 4) is 0 Å². The second-order valence-corrected chi connectivity index (χ2v) is 6.27. The summed E-state index contributed by atoms with van der Waals surface area (Å²) >= 11 is 1.95. The summed E-state index contributed by atoms with van der Waals surface area (Å²) in [6.07, 6.45) is 1.11. The van der Waals surface area contributed by atoms with Crippen molar-refractivity contribution in [2.24, 2.45) is 0 Å². The molecule has 3 rings (SSSR count). The van der Waals surface area contributed by atoms with Crippen LogP contribution in [0.1, 0.15) is 16.8 Å². The molecule has 100 valence electrons. The summed E-state index contributed by atoms with van der Waals surface area (Å²) in [6, 6.07) is 9.36. The molecule has 4 nitrogen and oxygen atoms in total. The zero-order valence-corrected chi connectivity index (χ0v) is 11.4. The van der Waals surface area contributed by atoms with Gasteiger partial charge in [0, 0.05) is 29.2 Å². The van der Waals surface area contributed by atoms with E-state index in [1.165, 1.54) is 0 Å². The lowest BCUT2D eigenvalue weighted by Gasteiger charge is -2.26. The molecule has 2 amide bonds. The third-order valence-corrected chi connectivity index (χ3v) is 5.05. The molecule has 2 aliphatic heterocycles. The number of hydrogen-bond donors (Lipinski definition) is 1. The van der Waals surface area contributed by atoms with Gasteiger partial charge in [0.05, 0.1) is 6.54 Å². The summed E-state index contributed by atoms with van der Waals surface area (Å²) in [7, 11) is 0. The SMILES string of the molecule is O=C(NCC(=O)N1C[C@H]2C[C@H]1CS2)c1ccccc1. The lowest BCUT2D eigenvalue weighted by atomic mass is 10.2. The third kappa shape index (κ3) is 2.61. The van der Waals surface area contributed by atoms with Gasteiger partial charge >= 0.3 is 0 Å². The first-order valence-electron chi connectivity index (χ1n) is 6.48. The van der Waals surface area contributed by atoms with E-state index in [2.05, 4.69) is 5.32 Å². The molecule has 2 bridgehead atoms. The van der Waals surface area contributed by atoms with Gasteiger partial charge < -0.3 is 10.2 Å². The van der Waals surface area contributed by atoms with Crippen molar-refractivity contribution in [1.82, 2.24) is 10.2 Å². The van der Waals surface area contributed by atoms with E-state index in [1.54, 1.807) is 12.1 Å². The number of nitrogens with zero attached hydrogens (tertiary/aromatic N) is 1. The van der Waals surface area contributed by atoms with Gasteiger partial charge in [-0.05, 0) is 18.6 Å². The van der Waals surface area contributed by atoms with Gasteiger partial charge in [-0.15, -0.1) is 0 Å². The molecular formula is C14H16N2O2S. The van der Waals surface area contributed by atoms with E-state index in [-0.39, 0.29) is 18.4 Å². The second kappa shape index (κ2) is 5.25. The largest absolute Gasteiger partial charge is 0.343 e. The van der Waals surface area contributed by atoms with E-state index in [4.69, 9.17) is 0 Å². The number of likely N-dealkylation sites (tertiary alicyclic amines) is 1. The molecule has 0 aromatic heterocycles. The van der Waals surface area contributed by atoms with Gasteiger partial charge in [0.15, 0.2) is 0 Å². The Hall–Kier alpha value is -1.49. The standard InChI is InChI=1S/C14H16N2O2S/c17-13(16-8-12-6-11(16)9-19-12)7-15-14(18)10-4-2-1-3-5-10/h1-5,11-12H,6-9H2,(H,15,18)/t11-,12+/m0/s1. The van der Waals surface area contributed by atoms with Gasteiger partial charge in [-0.25, -0.2) is 0 Å². The lowest BCUT2D eigenvalue weighted by molar-refractivity contribution is -0.130. The van der Waals surface area contributed by atoms with Crippen LogP contribution in [0.3, 0.4) is 0 Å². The zero-order chi connectivity index (χ0) is 13.2. The first-order chi connectivity index (χ1) is 9.24. The molecule has 2 aliphatic rings. The maximum atomic E-state index is 12.1. The Morgan fingerprint density at radius 1 is 1.32 bits per heavy atom. The first-order valence-corrected chi connectivity index (χ1v) is 7.53. The van der Waals surface area contributed by atoms with Crippen molar-refractivity contribution < 1.29 is 9.59 Å². The van der Waals surface area contributed by atoms with Crippen LogP contribution in [0.25, 0.3) is 0 Å². The summed E-state index contributed by atoms with van der Waals surface area (Å²) in [6.45, 7) is 0.941. The smallest absolute Gasteiger partial charge is 0.251 e. The molecule has 1 aromatic carbocycles. The number of benzene rings is 1. The normalized spacial score (nSPS) is 24.5. The highest BCUT2D eigenvalue weighted by atomic mass is 32.2. The summed E-state index contributed by atoms with van der Waals surface area (Å²) in [5.41, 5.74) is 0.591. The second-order valence-electron chi connectivity index (χ2n) is 4.94. The van der Waals surface area contributed by atoms with Gasteiger partial charge in [-0.1, -0.05) is 18.2 Å². The van der Waals surface area contributed by atoms with Crippen molar-refractivity contribution in [1.29, 1.82) is 0 Å². The van der Waals surface area contributed by atoms with Gasteiger partial charge in [0.25, 0.3) is 5.91 Å². The van der Waals surface area contributed by atoms with Crippen LogP contribution in [0, 0.1) is 0 Å². The molecule has 1 aromatic rings. The van der Waals surface area contributed by atoms with Crippen LogP contribution in [0.15, 0.2) is 30.3 Å². The Bertz CT molecular complexity index is 491. The molecule has 2 atom stereocenters. The molecule has 2 heterocycles. The van der Waals surface area contributed by atoms with Crippen molar-refractivity contribution in [2.45, 2.75) is 17.7 Å². The van der Waals surface area contributed by atoms with Gasteiger partial charge in [0.1, 0.15) is 0 Å². The lowest BCUT2D eigenvalue weighted by Crippen LogP contribution is -2.44. The summed E-state index contributed by atoms with van der Waals surface area (Å²) in [4.78, 5) is 25.8. The van der Waals surface area contributed by atoms with Crippen LogP contribution in [-0.4, -0.2) is 46.8 Å². The van der Waals surface area contributed by atoms with Gasteiger partial charge in [-0.2, -0.15) is 11.8 Å². The Kier molecular flexibility index (Phi) is 3.46. The third-order valence-electron chi connectivity index (χ3n) is 3.66. The summed E-state index contributed by atoms with van der Waals surface area (Å²) < 4.78 is 0. The maximum absolute atomic E-state index is 12.1. The monoisotopic (exact) mass is 276 g/mol. The fourth-order valence-corrected chi connectivity index (χ4v) is 4.09. The van der Waals surface area contributed by atoms with Crippen LogP contribution in [-0.2, 0) is 4.79 Å². The maximum Gasteiger partial charge on any atom is 0.251 e. The van der Waals surface area contributed by atoms with Crippen molar-refractivity contribution in [2.75, 3.05) is 18.8 Å². The average molecular weight is 276 g/mol. The molecular weight excluding hydrogens is 260 g/mol. The Morgan fingerprint density at radius 2 is 2.11 bits per heavy atom. The van der Waals surface area contributed by atoms with E-state index in [0.29, 0.717) is 16.9 Å². The van der Waals surface area contributed by atoms with Crippen molar-refractivity contribution in [3.05, 3.63) is 35.9 Å². The van der Waals surface area contributed by atoms with Crippen LogP contribution >= 0.6 is 11.8 Å². The first kappa shape index (κ1) is 12.5. The van der Waals surface area contributed by atoms with E-state index in [9.17, 15) is 9.59 Å². The molecule has 0 saturated carbocycles. The van der Waals surface area contributed by atoms with E-state index < -0.39 is 0 Å². The van der Waals surface area contributed by atoms with Crippen LogP contribution < -0.4 is 5.32 Å². The molecule has 1 N–H and O–H groups in total. The molecule has 0 aliphatic carbocycles. The average Bonchev–Trinajstić information content (AvgIpc) is 3.08. The van der Waals surface area contributed by atoms with Crippen LogP contribution in [0.4, 0.5) is 0 Å². The fraction of sp³-hybridized carbons (Fsp3) is 0.429. The van der Waals surface area contributed by atoms with Crippen LogP contribution in [0.5, 0.6) is 0 Å². The number of amides is 2. The number of fused-ring (bicyclic) bond motifs is 2. The van der Waals surface area contributed by atoms with Gasteiger partial charge in [-0.3, -0.25) is 9.59 Å². The highest BCUT2D eigenvalue weighted by Crippen LogP contribution is 2.37. The number of carbonyl (C=O) groups excluding carboxylic acids is 2. The minimum atomic E-state index is -0.187. The predicted molar refractivity (Wildman–Crippen MR) is 75.1 cm³/mol. The molecule has 5 heteroatoms. The topological polar surface area (TPSA) is 49.4 Å². The predicted octanol–water partition coefficient (Wildman–Crippen LogP) is 1.13. The molecule has 2 fully saturated rings. The molecule has 0 unspecified atom stereocenters. The quantitative estimate of drug-likeness (QED) is 0.900. The molecule has 0 spiro atoms. The Labute approximate surface area is 116 Å². The number of hydrogen-bond acceptors (Lipinski definition) is 3. The fourth-order valence-electron chi connectivity index (χ4n) is 2.65. The molecule has 0 radical (unpaired) electrons. The number of carbonyl (C=O) groups is 2. The minimum absolute atomic E-state index is 0.0390. The number of thioether (sulfide) groups is 1. The number of nitrogens with one attached hydrogen (secondary N) is 1. The van der Waals surface area contributed by atoms with E-state index in [1.807, 2.05) is 34.9 Å². The molecule has 19 heavy (non-hydrogen) atoms. The molecule has 2 saturated heterocycles. The highest BCUT2D eigenvalue weighted by Gasteiger charge is 2.40. The van der Waals surface area contributed by atoms with Gasteiger partial charge in [0.2, 0.25) is 5.91 Å². The Balaban J connectivity index is 1.52. The van der Waals surface area contributed by atoms with E-state index >= 15 is 0 Å². The van der Waals surface area contributed by atoms with E-state index in [0.717, 1.165) is 18.7 Å². The Morgan fingerprint density at radius 3 is 2.74 bits per heavy atom. The number of rotatable bonds is 3. The van der Waals surface area contributed by atoms with Crippen molar-refractivity contribution in [3.63, 3.8) is 0 Å². The highest BCUT2D eigenvalue weighted by molar-refractivity contribution is 8.00. The zero-order valence-electron chi connectivity index (χ0n) is 10.5. The minimum Gasteiger partial charge on any atom is -0.343 e. The summed E-state index contributed by atoms with van der Waals surface area (Å²) in [5.74, 6) is 0.896.